The zero-order chi connectivity index (χ0) is 27.9. The molecule has 0 saturated heterocycles. The molecule has 11 nitrogen and oxygen atoms in total. The van der Waals surface area contributed by atoms with Gasteiger partial charge in [-0.05, 0) is 42.5 Å². The van der Waals surface area contributed by atoms with Crippen molar-refractivity contribution < 1.29 is 46.5 Å². The van der Waals surface area contributed by atoms with Crippen LogP contribution in [0.2, 0.25) is 0 Å². The van der Waals surface area contributed by atoms with Crippen LogP contribution in [0.15, 0.2) is 48.5 Å². The summed E-state index contributed by atoms with van der Waals surface area (Å²) in [5.74, 6) is -1.74. The number of carbonyl (C=O) groups excluding carboxylic acids is 3. The first-order valence-electron chi connectivity index (χ1n) is 11.1. The summed E-state index contributed by atoms with van der Waals surface area (Å²) in [5.41, 5.74) is -1.85. The first-order chi connectivity index (χ1) is 18.6. The first-order valence-corrected chi connectivity index (χ1v) is 11.1. The van der Waals surface area contributed by atoms with Crippen LogP contribution in [0, 0.1) is 0 Å². The predicted octanol–water partition coefficient (Wildman–Crippen LogP) is 3.97. The van der Waals surface area contributed by atoms with Crippen LogP contribution in [0.5, 0.6) is 11.5 Å². The van der Waals surface area contributed by atoms with Gasteiger partial charge < -0.3 is 24.3 Å². The van der Waals surface area contributed by atoms with Crippen molar-refractivity contribution in [2.24, 2.45) is 0 Å². The van der Waals surface area contributed by atoms with E-state index >= 15 is 0 Å². The molecule has 0 unspecified atom stereocenters. The van der Waals surface area contributed by atoms with Crippen molar-refractivity contribution in [3.05, 3.63) is 71.0 Å². The number of halogens is 3. The Hall–Kier alpha value is -5.14. The van der Waals surface area contributed by atoms with Crippen molar-refractivity contribution in [1.82, 2.24) is 14.6 Å². The Morgan fingerprint density at radius 3 is 2.41 bits per heavy atom. The topological polar surface area (TPSA) is 130 Å². The summed E-state index contributed by atoms with van der Waals surface area (Å²) in [7, 11) is 2.26. The van der Waals surface area contributed by atoms with Gasteiger partial charge in [-0.15, -0.1) is 0 Å². The molecule has 0 radical (unpaired) electrons. The lowest BCUT2D eigenvalue weighted by Crippen LogP contribution is -2.18. The number of hydrogen-bond acceptors (Lipinski definition) is 9. The number of hydrogen-bond donors (Lipinski definition) is 1. The van der Waals surface area contributed by atoms with E-state index in [1.807, 2.05) is 0 Å². The largest absolute Gasteiger partial charge is 0.465 e. The van der Waals surface area contributed by atoms with Crippen LogP contribution >= 0.6 is 0 Å². The van der Waals surface area contributed by atoms with Gasteiger partial charge in [0, 0.05) is 11.6 Å². The maximum Gasteiger partial charge on any atom is 0.433 e. The normalized spacial score (nSPS) is 12.3. The van der Waals surface area contributed by atoms with Crippen molar-refractivity contribution in [3.63, 3.8) is 0 Å². The van der Waals surface area contributed by atoms with Gasteiger partial charge in [-0.3, -0.25) is 4.79 Å². The van der Waals surface area contributed by atoms with E-state index in [0.717, 1.165) is 26.4 Å². The monoisotopic (exact) mass is 542 g/mol. The number of aromatic nitrogens is 3. The summed E-state index contributed by atoms with van der Waals surface area (Å²) in [4.78, 5) is 41.4. The van der Waals surface area contributed by atoms with E-state index in [0.29, 0.717) is 21.6 Å². The van der Waals surface area contributed by atoms with E-state index in [2.05, 4.69) is 20.1 Å². The summed E-state index contributed by atoms with van der Waals surface area (Å²) in [6.07, 6.45) is -4.85. The number of benzene rings is 2. The number of alkyl halides is 3. The molecule has 0 fully saturated rings. The van der Waals surface area contributed by atoms with Crippen molar-refractivity contribution >= 4 is 29.2 Å². The molecule has 0 bridgehead atoms. The Kier molecular flexibility index (Phi) is 6.30. The number of rotatable bonds is 5. The molecule has 1 amide bonds. The minimum Gasteiger partial charge on any atom is -0.465 e. The molecule has 200 valence electrons. The predicted molar refractivity (Wildman–Crippen MR) is 127 cm³/mol. The van der Waals surface area contributed by atoms with Crippen molar-refractivity contribution in [1.29, 1.82) is 0 Å². The maximum absolute atomic E-state index is 14.0. The zero-order valence-electron chi connectivity index (χ0n) is 20.2. The number of nitrogens with one attached hydrogen (secondary N) is 1. The highest BCUT2D eigenvalue weighted by atomic mass is 19.4. The average molecular weight is 542 g/mol. The van der Waals surface area contributed by atoms with Crippen molar-refractivity contribution in [2.75, 3.05) is 26.3 Å². The Morgan fingerprint density at radius 2 is 1.69 bits per heavy atom. The number of fused-ring (bicyclic) bond motifs is 2. The van der Waals surface area contributed by atoms with Gasteiger partial charge in [0.1, 0.15) is 0 Å². The van der Waals surface area contributed by atoms with E-state index in [9.17, 15) is 27.6 Å². The lowest BCUT2D eigenvalue weighted by molar-refractivity contribution is -0.142. The lowest BCUT2D eigenvalue weighted by atomic mass is 10.1. The molecule has 2 aromatic heterocycles. The van der Waals surface area contributed by atoms with Crippen LogP contribution in [0.4, 0.5) is 18.9 Å². The van der Waals surface area contributed by atoms with Gasteiger partial charge in [-0.25, -0.2) is 19.1 Å². The Labute approximate surface area is 217 Å². The van der Waals surface area contributed by atoms with Crippen LogP contribution in [0.3, 0.4) is 0 Å². The van der Waals surface area contributed by atoms with E-state index < -0.39 is 35.4 Å². The van der Waals surface area contributed by atoms with E-state index in [4.69, 9.17) is 14.2 Å². The molecule has 2 aromatic carbocycles. The van der Waals surface area contributed by atoms with E-state index in [-0.39, 0.29) is 34.9 Å². The number of carbonyl (C=O) groups is 3. The van der Waals surface area contributed by atoms with Gasteiger partial charge >= 0.3 is 18.1 Å². The van der Waals surface area contributed by atoms with Gasteiger partial charge in [0.05, 0.1) is 36.7 Å². The molecule has 0 atom stereocenters. The second-order valence-corrected chi connectivity index (χ2v) is 8.09. The maximum atomic E-state index is 14.0. The SMILES string of the molecule is COC(=O)c1ccc(C(=O)OC)c(NC(=O)c2cc3nc(-c4ccc5c(c4)OCO5)cc(C(F)(F)F)n3n2)c1. The standard InChI is InChI=1S/C25H17F3N4O7/c1-36-23(34)13-3-5-14(24(35)37-2)16(7-13)30-22(33)17-10-21-29-15(9-20(25(26,27)28)32(21)31-17)12-4-6-18-19(8-12)39-11-38-18/h3-10H,11H2,1-2H3,(H,30,33). The van der Waals surface area contributed by atoms with Crippen molar-refractivity contribution in [2.45, 2.75) is 6.18 Å². The van der Waals surface area contributed by atoms with Crippen molar-refractivity contribution in [3.8, 4) is 22.8 Å². The Balaban J connectivity index is 1.56. The highest BCUT2D eigenvalue weighted by molar-refractivity contribution is 6.08. The van der Waals surface area contributed by atoms with Gasteiger partial charge in [-0.2, -0.15) is 18.3 Å². The number of anilines is 1. The van der Waals surface area contributed by atoms with E-state index in [1.165, 1.54) is 30.3 Å². The fraction of sp³-hybridized carbons (Fsp3) is 0.160. The summed E-state index contributed by atoms with van der Waals surface area (Å²) in [5, 5.41) is 6.20. The molecule has 1 N–H and O–H groups in total. The number of amides is 1. The highest BCUT2D eigenvalue weighted by Crippen LogP contribution is 2.37. The average Bonchev–Trinajstić information content (AvgIpc) is 3.57. The Bertz CT molecular complexity index is 1650. The van der Waals surface area contributed by atoms with Crippen LogP contribution in [-0.4, -0.2) is 53.5 Å². The third kappa shape index (κ3) is 4.79. The molecule has 4 aromatic rings. The van der Waals surface area contributed by atoms with Gasteiger partial charge in [0.15, 0.2) is 28.5 Å². The molecule has 3 heterocycles. The van der Waals surface area contributed by atoms with Crippen LogP contribution in [0.25, 0.3) is 16.9 Å². The molecule has 1 aliphatic heterocycles. The van der Waals surface area contributed by atoms with E-state index in [1.54, 1.807) is 6.07 Å². The van der Waals surface area contributed by atoms with Gasteiger partial charge in [0.2, 0.25) is 6.79 Å². The second kappa shape index (κ2) is 9.63. The molecular formula is C25H17F3N4O7. The third-order valence-corrected chi connectivity index (χ3v) is 5.71. The van der Waals surface area contributed by atoms with Crippen LogP contribution in [0.1, 0.15) is 36.9 Å². The molecule has 0 saturated carbocycles. The fourth-order valence-electron chi connectivity index (χ4n) is 3.86. The molecule has 39 heavy (non-hydrogen) atoms. The molecular weight excluding hydrogens is 525 g/mol. The molecule has 0 aliphatic carbocycles. The summed E-state index contributed by atoms with van der Waals surface area (Å²) < 4.78 is 62.4. The minimum atomic E-state index is -4.85. The number of esters is 2. The second-order valence-electron chi connectivity index (χ2n) is 8.09. The third-order valence-electron chi connectivity index (χ3n) is 5.71. The zero-order valence-corrected chi connectivity index (χ0v) is 20.2. The highest BCUT2D eigenvalue weighted by Gasteiger charge is 2.36. The fourth-order valence-corrected chi connectivity index (χ4v) is 3.86. The summed E-state index contributed by atoms with van der Waals surface area (Å²) >= 11 is 0. The lowest BCUT2D eigenvalue weighted by Gasteiger charge is -2.11. The van der Waals surface area contributed by atoms with Gasteiger partial charge in [0.25, 0.3) is 5.91 Å². The quantitative estimate of drug-likeness (QED) is 0.372. The molecule has 1 aliphatic rings. The molecule has 0 spiro atoms. The number of ether oxygens (including phenoxy) is 4. The number of methoxy groups -OCH3 is 2. The summed E-state index contributed by atoms with van der Waals surface area (Å²) in [6, 6.07) is 10.1. The molecule has 5 rings (SSSR count). The first kappa shape index (κ1) is 25.5. The van der Waals surface area contributed by atoms with Crippen LogP contribution < -0.4 is 14.8 Å². The molecule has 14 heteroatoms. The Morgan fingerprint density at radius 1 is 0.949 bits per heavy atom. The smallest absolute Gasteiger partial charge is 0.433 e. The minimum absolute atomic E-state index is 0.00449. The van der Waals surface area contributed by atoms with Gasteiger partial charge in [-0.1, -0.05) is 0 Å². The number of nitrogens with zero attached hydrogens (tertiary/aromatic N) is 3. The van der Waals surface area contributed by atoms with Crippen LogP contribution in [-0.2, 0) is 15.7 Å². The summed E-state index contributed by atoms with van der Waals surface area (Å²) in [6.45, 7) is -0.0135.